The highest BCUT2D eigenvalue weighted by molar-refractivity contribution is 5.94. The minimum absolute atomic E-state index is 0.00962. The van der Waals surface area contributed by atoms with Gasteiger partial charge < -0.3 is 19.7 Å². The molecule has 8 nitrogen and oxygen atoms in total. The highest BCUT2D eigenvalue weighted by atomic mass is 19.4. The smallest absolute Gasteiger partial charge is 0.336 e. The molecule has 2 aromatic heterocycles. The van der Waals surface area contributed by atoms with Gasteiger partial charge in [-0.25, -0.2) is 19.3 Å². The van der Waals surface area contributed by atoms with Gasteiger partial charge in [-0.3, -0.25) is 4.79 Å². The van der Waals surface area contributed by atoms with Crippen molar-refractivity contribution in [3.05, 3.63) is 53.9 Å². The number of nitrogens with one attached hydrogen (secondary N) is 1. The number of likely N-dealkylation sites (N-methyl/N-ethyl adjacent to an activating group) is 1. The zero-order chi connectivity index (χ0) is 25.3. The van der Waals surface area contributed by atoms with E-state index in [1.165, 1.54) is 0 Å². The molecule has 0 saturated carbocycles. The summed E-state index contributed by atoms with van der Waals surface area (Å²) in [6.07, 6.45) is -2.85. The lowest BCUT2D eigenvalue weighted by molar-refractivity contribution is -0.147. The first-order chi connectivity index (χ1) is 16.5. The number of imidazole rings is 1. The van der Waals surface area contributed by atoms with E-state index in [1.54, 1.807) is 43.0 Å². The lowest BCUT2D eigenvalue weighted by atomic mass is 10.1. The topological polar surface area (TPSA) is 79.2 Å². The van der Waals surface area contributed by atoms with E-state index in [2.05, 4.69) is 25.2 Å². The highest BCUT2D eigenvalue weighted by Gasteiger charge is 2.38. The Hall–Kier alpha value is -3.54. The summed E-state index contributed by atoms with van der Waals surface area (Å²) in [4.78, 5) is 28.1. The fourth-order valence-electron chi connectivity index (χ4n) is 3.89. The molecular weight excluding hydrogens is 466 g/mol. The molecule has 0 radical (unpaired) electrons. The lowest BCUT2D eigenvalue weighted by Gasteiger charge is -2.32. The van der Waals surface area contributed by atoms with E-state index < -0.39 is 23.9 Å². The minimum Gasteiger partial charge on any atom is -0.336 e. The number of alkyl halides is 3. The average Bonchev–Trinajstić information content (AvgIpc) is 3.27. The van der Waals surface area contributed by atoms with Gasteiger partial charge in [-0.15, -0.1) is 0 Å². The summed E-state index contributed by atoms with van der Waals surface area (Å²) in [5.41, 5.74) is 0.650. The molecule has 0 aliphatic carbocycles. The van der Waals surface area contributed by atoms with Gasteiger partial charge in [0.2, 0.25) is 11.8 Å². The van der Waals surface area contributed by atoms with Crippen molar-refractivity contribution in [3.8, 4) is 11.4 Å². The van der Waals surface area contributed by atoms with Crippen LogP contribution in [0, 0.1) is 5.82 Å². The molecule has 1 aliphatic heterocycles. The number of rotatable bonds is 5. The Morgan fingerprint density at radius 2 is 1.69 bits per heavy atom. The molecule has 35 heavy (non-hydrogen) atoms. The molecule has 1 aliphatic rings. The molecule has 0 spiro atoms. The fourth-order valence-corrected chi connectivity index (χ4v) is 3.89. The second kappa shape index (κ2) is 9.61. The van der Waals surface area contributed by atoms with Crippen LogP contribution in [0.2, 0.25) is 0 Å². The van der Waals surface area contributed by atoms with E-state index in [1.807, 2.05) is 7.05 Å². The van der Waals surface area contributed by atoms with Crippen molar-refractivity contribution in [1.29, 1.82) is 0 Å². The maximum Gasteiger partial charge on any atom is 0.449 e. The van der Waals surface area contributed by atoms with E-state index in [0.29, 0.717) is 24.3 Å². The van der Waals surface area contributed by atoms with Crippen molar-refractivity contribution in [3.63, 3.8) is 0 Å². The van der Waals surface area contributed by atoms with Crippen LogP contribution in [0.3, 0.4) is 0 Å². The second-order valence-electron chi connectivity index (χ2n) is 8.62. The number of aromatic nitrogens is 4. The van der Waals surface area contributed by atoms with Crippen LogP contribution in [0.5, 0.6) is 0 Å². The Morgan fingerprint density at radius 3 is 2.29 bits per heavy atom. The van der Waals surface area contributed by atoms with Gasteiger partial charge in [0.1, 0.15) is 5.69 Å². The number of amides is 1. The van der Waals surface area contributed by atoms with Crippen molar-refractivity contribution >= 4 is 17.5 Å². The molecule has 4 rings (SSSR count). The van der Waals surface area contributed by atoms with E-state index in [-0.39, 0.29) is 23.2 Å². The van der Waals surface area contributed by atoms with E-state index >= 15 is 0 Å². The molecule has 1 fully saturated rings. The number of nitrogens with zero attached hydrogens (tertiary/aromatic N) is 6. The van der Waals surface area contributed by atoms with Gasteiger partial charge in [0.25, 0.3) is 5.91 Å². The largest absolute Gasteiger partial charge is 0.449 e. The Labute approximate surface area is 199 Å². The maximum atomic E-state index is 14.6. The molecule has 1 aromatic carbocycles. The predicted octanol–water partition coefficient (Wildman–Crippen LogP) is 4.21. The summed E-state index contributed by atoms with van der Waals surface area (Å²) in [6, 6.07) is 6.01. The SMILES string of the molecule is CC(C)n1c(-c2nc(Nc3ccc(C(=O)N4CCN(C)CC4)cc3)ncc2F)cnc1C(F)(F)F. The molecular formula is C23H25F4N7O. The van der Waals surface area contributed by atoms with Crippen LogP contribution in [0.15, 0.2) is 36.7 Å². The fraction of sp³-hybridized carbons (Fsp3) is 0.391. The normalized spacial score (nSPS) is 15.0. The number of anilines is 2. The summed E-state index contributed by atoms with van der Waals surface area (Å²) in [7, 11) is 2.01. The van der Waals surface area contributed by atoms with E-state index in [4.69, 9.17) is 0 Å². The monoisotopic (exact) mass is 491 g/mol. The molecule has 1 amide bonds. The first-order valence-corrected chi connectivity index (χ1v) is 11.1. The number of benzene rings is 1. The summed E-state index contributed by atoms with van der Waals surface area (Å²) in [5, 5.41) is 2.91. The quantitative estimate of drug-likeness (QED) is 0.539. The van der Waals surface area contributed by atoms with Crippen molar-refractivity contribution in [2.45, 2.75) is 26.1 Å². The van der Waals surface area contributed by atoms with E-state index in [0.717, 1.165) is 30.1 Å². The number of halogens is 4. The molecule has 3 aromatic rings. The highest BCUT2D eigenvalue weighted by Crippen LogP contribution is 2.34. The van der Waals surface area contributed by atoms with Crippen molar-refractivity contribution in [2.24, 2.45) is 0 Å². The Bertz CT molecular complexity index is 1200. The van der Waals surface area contributed by atoms with Gasteiger partial charge in [-0.1, -0.05) is 0 Å². The zero-order valence-corrected chi connectivity index (χ0v) is 19.5. The second-order valence-corrected chi connectivity index (χ2v) is 8.62. The summed E-state index contributed by atoms with van der Waals surface area (Å²) < 4.78 is 55.6. The van der Waals surface area contributed by atoms with Crippen molar-refractivity contribution < 1.29 is 22.4 Å². The first kappa shape index (κ1) is 24.6. The van der Waals surface area contributed by atoms with E-state index in [9.17, 15) is 22.4 Å². The number of carbonyl (C=O) groups excluding carboxylic acids is 1. The van der Waals surface area contributed by atoms with Crippen LogP contribution in [-0.4, -0.2) is 68.5 Å². The summed E-state index contributed by atoms with van der Waals surface area (Å²) >= 11 is 0. The number of hydrogen-bond acceptors (Lipinski definition) is 6. The zero-order valence-electron chi connectivity index (χ0n) is 19.5. The molecule has 0 bridgehead atoms. The third-order valence-electron chi connectivity index (χ3n) is 5.73. The standard InChI is InChI=1S/C23H25F4N7O/c1-14(2)34-18(13-28-21(34)23(25,26)27)19-17(24)12-29-22(31-19)30-16-6-4-15(5-7-16)20(35)33-10-8-32(3)9-11-33/h4-7,12-14H,8-11H2,1-3H3,(H,29,30,31). The Morgan fingerprint density at radius 1 is 1.03 bits per heavy atom. The number of carbonyl (C=O) groups is 1. The maximum absolute atomic E-state index is 14.6. The van der Waals surface area contributed by atoms with Crippen LogP contribution in [0.25, 0.3) is 11.4 Å². The van der Waals surface area contributed by atoms with Gasteiger partial charge in [-0.2, -0.15) is 13.2 Å². The van der Waals surface area contributed by atoms with Crippen molar-refractivity contribution in [1.82, 2.24) is 29.3 Å². The van der Waals surface area contributed by atoms with Gasteiger partial charge in [0.15, 0.2) is 5.82 Å². The predicted molar refractivity (Wildman–Crippen MR) is 122 cm³/mol. The first-order valence-electron chi connectivity index (χ1n) is 11.1. The van der Waals surface area contributed by atoms with Crippen LogP contribution in [0.1, 0.15) is 36.1 Å². The number of piperazine rings is 1. The minimum atomic E-state index is -4.70. The average molecular weight is 491 g/mol. The molecule has 1 N–H and O–H groups in total. The molecule has 0 unspecified atom stereocenters. The number of hydrogen-bond donors (Lipinski definition) is 1. The Kier molecular flexibility index (Phi) is 6.75. The third-order valence-corrected chi connectivity index (χ3v) is 5.73. The molecule has 186 valence electrons. The Balaban J connectivity index is 1.55. The van der Waals surface area contributed by atoms with Gasteiger partial charge in [-0.05, 0) is 45.2 Å². The molecule has 1 saturated heterocycles. The van der Waals surface area contributed by atoms with Crippen LogP contribution in [0.4, 0.5) is 29.2 Å². The van der Waals surface area contributed by atoms with Crippen molar-refractivity contribution in [2.75, 3.05) is 38.5 Å². The third kappa shape index (κ3) is 5.26. The molecule has 12 heteroatoms. The van der Waals surface area contributed by atoms with Gasteiger partial charge in [0.05, 0.1) is 18.1 Å². The molecule has 3 heterocycles. The van der Waals surface area contributed by atoms with Gasteiger partial charge >= 0.3 is 6.18 Å². The lowest BCUT2D eigenvalue weighted by Crippen LogP contribution is -2.47. The van der Waals surface area contributed by atoms with Crippen LogP contribution >= 0.6 is 0 Å². The molecule has 0 atom stereocenters. The summed E-state index contributed by atoms with van der Waals surface area (Å²) in [5.74, 6) is -2.08. The van der Waals surface area contributed by atoms with Crippen LogP contribution in [-0.2, 0) is 6.18 Å². The van der Waals surface area contributed by atoms with Crippen LogP contribution < -0.4 is 5.32 Å². The van der Waals surface area contributed by atoms with Gasteiger partial charge in [0, 0.05) is 43.5 Å². The summed E-state index contributed by atoms with van der Waals surface area (Å²) in [6.45, 7) is 6.04.